The maximum absolute atomic E-state index is 13.2. The van der Waals surface area contributed by atoms with Crippen LogP contribution >= 0.6 is 11.3 Å². The molecule has 4 rings (SSSR count). The molecule has 2 saturated heterocycles. The molecule has 1 N–H and O–H groups in total. The van der Waals surface area contributed by atoms with E-state index in [2.05, 4.69) is 5.32 Å². The van der Waals surface area contributed by atoms with Crippen LogP contribution in [0.5, 0.6) is 0 Å². The van der Waals surface area contributed by atoms with Crippen LogP contribution in [0.2, 0.25) is 0 Å². The zero-order valence-corrected chi connectivity index (χ0v) is 20.6. The molecule has 0 radical (unpaired) electrons. The number of aryl methyl sites for hydroxylation is 1. The van der Waals surface area contributed by atoms with Crippen molar-refractivity contribution in [2.75, 3.05) is 31.5 Å². The highest BCUT2D eigenvalue weighted by Crippen LogP contribution is 2.29. The fourth-order valence-electron chi connectivity index (χ4n) is 4.39. The second-order valence-electron chi connectivity index (χ2n) is 8.89. The van der Waals surface area contributed by atoms with E-state index in [9.17, 15) is 18.0 Å². The van der Waals surface area contributed by atoms with Crippen LogP contribution in [0.15, 0.2) is 39.9 Å². The summed E-state index contributed by atoms with van der Waals surface area (Å²) in [6, 6.07) is 9.14. The van der Waals surface area contributed by atoms with E-state index < -0.39 is 10.0 Å². The molecule has 0 bridgehead atoms. The molecule has 2 aliphatic heterocycles. The number of piperidine rings is 1. The molecule has 0 aliphatic carbocycles. The van der Waals surface area contributed by atoms with Gasteiger partial charge in [0.1, 0.15) is 4.21 Å². The van der Waals surface area contributed by atoms with E-state index >= 15 is 0 Å². The molecule has 0 unspecified atom stereocenters. The first-order valence-corrected chi connectivity index (χ1v) is 13.9. The van der Waals surface area contributed by atoms with Gasteiger partial charge in [-0.05, 0) is 50.8 Å². The molecule has 0 saturated carbocycles. The van der Waals surface area contributed by atoms with E-state index in [1.165, 1.54) is 10.4 Å². The lowest BCUT2D eigenvalue weighted by molar-refractivity contribution is -0.120. The molecular weight excluding hydrogens is 458 g/mol. The van der Waals surface area contributed by atoms with Crippen molar-refractivity contribution >= 4 is 38.9 Å². The van der Waals surface area contributed by atoms with Gasteiger partial charge in [0.05, 0.1) is 5.56 Å². The lowest BCUT2D eigenvalue weighted by Crippen LogP contribution is -2.41. The van der Waals surface area contributed by atoms with E-state index in [0.29, 0.717) is 31.5 Å². The molecule has 178 valence electrons. The van der Waals surface area contributed by atoms with Gasteiger partial charge >= 0.3 is 0 Å². The first-order chi connectivity index (χ1) is 15.8. The highest BCUT2D eigenvalue weighted by Gasteiger charge is 2.33. The van der Waals surface area contributed by atoms with Gasteiger partial charge in [-0.3, -0.25) is 9.59 Å². The first-order valence-electron chi connectivity index (χ1n) is 11.6. The Morgan fingerprint density at radius 3 is 2.24 bits per heavy atom. The van der Waals surface area contributed by atoms with Crippen LogP contribution in [0.3, 0.4) is 0 Å². The minimum atomic E-state index is -3.68. The van der Waals surface area contributed by atoms with Crippen LogP contribution in [0.1, 0.15) is 54.4 Å². The molecule has 0 atom stereocenters. The fourth-order valence-corrected chi connectivity index (χ4v) is 7.16. The van der Waals surface area contributed by atoms with Crippen molar-refractivity contribution in [1.29, 1.82) is 0 Å². The largest absolute Gasteiger partial charge is 0.339 e. The standard InChI is InChI=1S/C24H31N3O4S2/c1-18-6-8-21(9-7-18)25-23(28)19-10-14-27(15-11-19)33(30,31)22-16-20(17-32-22)24(29)26-12-4-2-3-5-13-26/h6-9,16-17,19H,2-5,10-15H2,1H3,(H,25,28). The number of thiophene rings is 1. The summed E-state index contributed by atoms with van der Waals surface area (Å²) in [5.74, 6) is -0.375. The Hall–Kier alpha value is -2.23. The van der Waals surface area contributed by atoms with Gasteiger partial charge in [-0.15, -0.1) is 11.3 Å². The first kappa shape index (κ1) is 23.9. The van der Waals surface area contributed by atoms with Gasteiger partial charge in [-0.25, -0.2) is 8.42 Å². The van der Waals surface area contributed by atoms with Crippen LogP contribution in [-0.4, -0.2) is 55.6 Å². The van der Waals surface area contributed by atoms with Gasteiger partial charge < -0.3 is 10.2 Å². The van der Waals surface area contributed by atoms with E-state index in [4.69, 9.17) is 0 Å². The zero-order valence-electron chi connectivity index (χ0n) is 19.0. The SMILES string of the molecule is Cc1ccc(NC(=O)C2CCN(S(=O)(=O)c3cc(C(=O)N4CCCCCC4)cs3)CC2)cc1. The number of nitrogens with zero attached hydrogens (tertiary/aromatic N) is 2. The molecule has 1 aromatic heterocycles. The van der Waals surface area contributed by atoms with Crippen LogP contribution in [0, 0.1) is 12.8 Å². The van der Waals surface area contributed by atoms with Crippen molar-refractivity contribution in [3.8, 4) is 0 Å². The highest BCUT2D eigenvalue weighted by molar-refractivity contribution is 7.91. The number of sulfonamides is 1. The zero-order chi connectivity index (χ0) is 23.4. The summed E-state index contributed by atoms with van der Waals surface area (Å²) in [5, 5.41) is 4.58. The van der Waals surface area contributed by atoms with E-state index in [1.807, 2.05) is 36.1 Å². The average Bonchev–Trinajstić information content (AvgIpc) is 3.17. The molecule has 2 fully saturated rings. The Morgan fingerprint density at radius 1 is 0.970 bits per heavy atom. The van der Waals surface area contributed by atoms with Gasteiger partial charge in [0.25, 0.3) is 15.9 Å². The molecule has 7 nitrogen and oxygen atoms in total. The Morgan fingerprint density at radius 2 is 1.61 bits per heavy atom. The number of amides is 2. The number of benzene rings is 1. The van der Waals surface area contributed by atoms with Gasteiger partial charge in [-0.1, -0.05) is 30.5 Å². The second-order valence-corrected chi connectivity index (χ2v) is 12.0. The average molecular weight is 490 g/mol. The van der Waals surface area contributed by atoms with Crippen LogP contribution in [0.25, 0.3) is 0 Å². The molecule has 3 heterocycles. The summed E-state index contributed by atoms with van der Waals surface area (Å²) in [6.07, 6.45) is 5.20. The molecule has 2 amide bonds. The molecule has 2 aliphatic rings. The monoisotopic (exact) mass is 489 g/mol. The van der Waals surface area contributed by atoms with Crippen molar-refractivity contribution in [1.82, 2.24) is 9.21 Å². The Kier molecular flexibility index (Phi) is 7.51. The third-order valence-electron chi connectivity index (χ3n) is 6.45. The minimum absolute atomic E-state index is 0.0719. The molecule has 1 aromatic carbocycles. The number of hydrogen-bond acceptors (Lipinski definition) is 5. The quantitative estimate of drug-likeness (QED) is 0.685. The Bertz CT molecular complexity index is 1080. The Labute approximate surface area is 199 Å². The molecule has 9 heteroatoms. The smallest absolute Gasteiger partial charge is 0.254 e. The summed E-state index contributed by atoms with van der Waals surface area (Å²) in [7, 11) is -3.68. The number of nitrogens with one attached hydrogen (secondary N) is 1. The summed E-state index contributed by atoms with van der Waals surface area (Å²) in [5.41, 5.74) is 2.32. The van der Waals surface area contributed by atoms with Gasteiger partial charge in [0.15, 0.2) is 0 Å². The number of hydrogen-bond donors (Lipinski definition) is 1. The summed E-state index contributed by atoms with van der Waals surface area (Å²) < 4.78 is 28.0. The van der Waals surface area contributed by atoms with Crippen molar-refractivity contribution in [3.05, 3.63) is 46.8 Å². The van der Waals surface area contributed by atoms with Gasteiger partial charge in [0.2, 0.25) is 5.91 Å². The van der Waals surface area contributed by atoms with E-state index in [1.54, 1.807) is 5.38 Å². The molecule has 2 aromatic rings. The second kappa shape index (κ2) is 10.4. The third kappa shape index (κ3) is 5.65. The van der Waals surface area contributed by atoms with Crippen LogP contribution in [-0.2, 0) is 14.8 Å². The number of likely N-dealkylation sites (tertiary alicyclic amines) is 1. The Balaban J connectivity index is 1.35. The number of rotatable bonds is 5. The predicted molar refractivity (Wildman–Crippen MR) is 130 cm³/mol. The normalized spacial score (nSPS) is 18.6. The maximum Gasteiger partial charge on any atom is 0.254 e. The number of anilines is 1. The van der Waals surface area contributed by atoms with Gasteiger partial charge in [0, 0.05) is 43.2 Å². The summed E-state index contributed by atoms with van der Waals surface area (Å²) >= 11 is 1.10. The lowest BCUT2D eigenvalue weighted by atomic mass is 9.97. The van der Waals surface area contributed by atoms with Crippen LogP contribution < -0.4 is 5.32 Å². The number of carbonyl (C=O) groups excluding carboxylic acids is 2. The minimum Gasteiger partial charge on any atom is -0.339 e. The van der Waals surface area contributed by atoms with E-state index in [-0.39, 0.29) is 21.9 Å². The topological polar surface area (TPSA) is 86.8 Å². The van der Waals surface area contributed by atoms with Crippen molar-refractivity contribution < 1.29 is 18.0 Å². The summed E-state index contributed by atoms with van der Waals surface area (Å²) in [6.45, 7) is 4.04. The van der Waals surface area contributed by atoms with Crippen LogP contribution in [0.4, 0.5) is 5.69 Å². The fraction of sp³-hybridized carbons (Fsp3) is 0.500. The van der Waals surface area contributed by atoms with Crippen molar-refractivity contribution in [2.45, 2.75) is 49.7 Å². The van der Waals surface area contributed by atoms with Crippen molar-refractivity contribution in [3.63, 3.8) is 0 Å². The number of carbonyl (C=O) groups is 2. The summed E-state index contributed by atoms with van der Waals surface area (Å²) in [4.78, 5) is 27.3. The van der Waals surface area contributed by atoms with Gasteiger partial charge in [-0.2, -0.15) is 4.31 Å². The lowest BCUT2D eigenvalue weighted by Gasteiger charge is -2.30. The molecule has 33 heavy (non-hydrogen) atoms. The van der Waals surface area contributed by atoms with E-state index in [0.717, 1.165) is 61.4 Å². The molecular formula is C24H31N3O4S2. The highest BCUT2D eigenvalue weighted by atomic mass is 32.2. The molecule has 0 spiro atoms. The maximum atomic E-state index is 13.2. The predicted octanol–water partition coefficient (Wildman–Crippen LogP) is 4.11. The van der Waals surface area contributed by atoms with Crippen molar-refractivity contribution in [2.24, 2.45) is 5.92 Å². The third-order valence-corrected chi connectivity index (χ3v) is 9.77.